The maximum absolute atomic E-state index is 11.3. The van der Waals surface area contributed by atoms with Crippen LogP contribution >= 0.6 is 11.6 Å². The second-order valence-electron chi connectivity index (χ2n) is 2.79. The highest BCUT2D eigenvalue weighted by Gasteiger charge is 2.22. The lowest BCUT2D eigenvalue weighted by Crippen LogP contribution is -2.15. The summed E-state index contributed by atoms with van der Waals surface area (Å²) in [5, 5.41) is 9.65. The molecular weight excluding hydrogens is 192 g/mol. The normalized spacial score (nSPS) is 15.0. The topological polar surface area (TPSA) is 46.5 Å². The number of aromatic hydroxyl groups is 1. The number of carbonyl (C=O) groups is 1. The van der Waals surface area contributed by atoms with E-state index in [9.17, 15) is 9.90 Å². The Morgan fingerprint density at radius 2 is 2.23 bits per heavy atom. The number of halogens is 1. The van der Waals surface area contributed by atoms with Crippen LogP contribution in [0.3, 0.4) is 0 Å². The molecule has 68 valence electrons. The molecule has 0 saturated carbocycles. The quantitative estimate of drug-likeness (QED) is 0.694. The molecule has 2 rings (SSSR count). The Labute approximate surface area is 79.9 Å². The van der Waals surface area contributed by atoms with Crippen LogP contribution in [0, 0.1) is 0 Å². The molecular formula is C9H7ClO3. The number of rotatable bonds is 0. The molecule has 4 heteroatoms. The Kier molecular flexibility index (Phi) is 1.88. The van der Waals surface area contributed by atoms with Gasteiger partial charge in [-0.1, -0.05) is 11.6 Å². The summed E-state index contributed by atoms with van der Waals surface area (Å²) in [6.07, 6.45) is 0.355. The zero-order chi connectivity index (χ0) is 9.42. The number of fused-ring (bicyclic) bond motifs is 1. The van der Waals surface area contributed by atoms with Gasteiger partial charge in [0.05, 0.1) is 17.2 Å². The van der Waals surface area contributed by atoms with E-state index in [0.717, 1.165) is 0 Å². The molecule has 1 heterocycles. The number of hydrogen-bond acceptors (Lipinski definition) is 3. The van der Waals surface area contributed by atoms with Crippen molar-refractivity contribution < 1.29 is 14.6 Å². The summed E-state index contributed by atoms with van der Waals surface area (Å²) in [7, 11) is 0. The minimum atomic E-state index is -0.146. The van der Waals surface area contributed by atoms with Gasteiger partial charge in [0.25, 0.3) is 0 Å². The second-order valence-corrected chi connectivity index (χ2v) is 3.20. The Morgan fingerprint density at radius 3 is 3.00 bits per heavy atom. The number of phenols is 1. The van der Waals surface area contributed by atoms with Gasteiger partial charge in [-0.25, -0.2) is 0 Å². The van der Waals surface area contributed by atoms with Crippen LogP contribution in [0.2, 0.25) is 5.02 Å². The van der Waals surface area contributed by atoms with Gasteiger partial charge in [-0.3, -0.25) is 4.79 Å². The first-order valence-electron chi connectivity index (χ1n) is 3.87. The molecule has 0 radical (unpaired) electrons. The summed E-state index contributed by atoms with van der Waals surface area (Å²) in [6.45, 7) is 0.305. The average Bonchev–Trinajstić information content (AvgIpc) is 2.12. The maximum atomic E-state index is 11.3. The van der Waals surface area contributed by atoms with Crippen LogP contribution in [0.1, 0.15) is 16.8 Å². The highest BCUT2D eigenvalue weighted by molar-refractivity contribution is 6.32. The van der Waals surface area contributed by atoms with Gasteiger partial charge in [-0.05, 0) is 12.1 Å². The van der Waals surface area contributed by atoms with Crippen molar-refractivity contribution in [3.05, 3.63) is 22.7 Å². The van der Waals surface area contributed by atoms with Gasteiger partial charge in [-0.2, -0.15) is 0 Å². The van der Waals surface area contributed by atoms with Crippen molar-refractivity contribution in [2.24, 2.45) is 0 Å². The number of phenolic OH excluding ortho intramolecular Hbond substituents is 1. The van der Waals surface area contributed by atoms with Crippen LogP contribution in [0.25, 0.3) is 0 Å². The highest BCUT2D eigenvalue weighted by Crippen LogP contribution is 2.39. The smallest absolute Gasteiger partial charge is 0.177 e. The molecule has 0 amide bonds. The van der Waals surface area contributed by atoms with E-state index in [4.69, 9.17) is 16.3 Å². The summed E-state index contributed by atoms with van der Waals surface area (Å²) in [5.41, 5.74) is 0.410. The molecule has 0 atom stereocenters. The van der Waals surface area contributed by atoms with Gasteiger partial charge in [0.1, 0.15) is 0 Å². The van der Waals surface area contributed by atoms with E-state index in [-0.39, 0.29) is 22.3 Å². The summed E-state index contributed by atoms with van der Waals surface area (Å²) in [6, 6.07) is 3.06. The molecule has 1 aliphatic rings. The Balaban J connectivity index is 2.63. The van der Waals surface area contributed by atoms with Gasteiger partial charge in [0, 0.05) is 6.42 Å². The second kappa shape index (κ2) is 2.92. The molecule has 0 spiro atoms. The van der Waals surface area contributed by atoms with Crippen molar-refractivity contribution in [1.82, 2.24) is 0 Å². The largest absolute Gasteiger partial charge is 0.503 e. The fourth-order valence-electron chi connectivity index (χ4n) is 1.29. The highest BCUT2D eigenvalue weighted by atomic mass is 35.5. The predicted octanol–water partition coefficient (Wildman–Crippen LogP) is 2.01. The number of carbonyl (C=O) groups excluding carboxylic acids is 1. The SMILES string of the molecule is O=C1CCOc2c1ccc(Cl)c2O. The van der Waals surface area contributed by atoms with Crippen molar-refractivity contribution in [3.8, 4) is 11.5 Å². The van der Waals surface area contributed by atoms with Crippen LogP contribution in [0.15, 0.2) is 12.1 Å². The molecule has 0 unspecified atom stereocenters. The van der Waals surface area contributed by atoms with Crippen molar-refractivity contribution in [2.45, 2.75) is 6.42 Å². The molecule has 0 aliphatic carbocycles. The predicted molar refractivity (Wildman–Crippen MR) is 47.6 cm³/mol. The van der Waals surface area contributed by atoms with Crippen LogP contribution < -0.4 is 4.74 Å². The van der Waals surface area contributed by atoms with E-state index < -0.39 is 0 Å². The third kappa shape index (κ3) is 1.25. The summed E-state index contributed by atoms with van der Waals surface area (Å²) in [4.78, 5) is 11.3. The molecule has 1 aromatic rings. The van der Waals surface area contributed by atoms with Crippen LogP contribution in [-0.4, -0.2) is 17.5 Å². The summed E-state index contributed by atoms with van der Waals surface area (Å²) >= 11 is 5.65. The van der Waals surface area contributed by atoms with E-state index in [1.807, 2.05) is 0 Å². The molecule has 1 N–H and O–H groups in total. The van der Waals surface area contributed by atoms with Crippen molar-refractivity contribution >= 4 is 17.4 Å². The lowest BCUT2D eigenvalue weighted by atomic mass is 10.0. The van der Waals surface area contributed by atoms with Crippen LogP contribution in [-0.2, 0) is 0 Å². The van der Waals surface area contributed by atoms with E-state index >= 15 is 0 Å². The van der Waals surface area contributed by atoms with Gasteiger partial charge >= 0.3 is 0 Å². The maximum Gasteiger partial charge on any atom is 0.177 e. The monoisotopic (exact) mass is 198 g/mol. The zero-order valence-corrected chi connectivity index (χ0v) is 7.47. The third-order valence-corrected chi connectivity index (χ3v) is 2.26. The van der Waals surface area contributed by atoms with Crippen LogP contribution in [0.4, 0.5) is 0 Å². The number of benzene rings is 1. The minimum Gasteiger partial charge on any atom is -0.503 e. The molecule has 13 heavy (non-hydrogen) atoms. The van der Waals surface area contributed by atoms with Crippen molar-refractivity contribution in [1.29, 1.82) is 0 Å². The van der Waals surface area contributed by atoms with Crippen molar-refractivity contribution in [3.63, 3.8) is 0 Å². The standard InChI is InChI=1S/C9H7ClO3/c10-6-2-1-5-7(11)3-4-13-9(5)8(6)12/h1-2,12H,3-4H2. The lowest BCUT2D eigenvalue weighted by Gasteiger charge is -2.17. The number of ketones is 1. The number of hydrogen-bond donors (Lipinski definition) is 1. The fraction of sp³-hybridized carbons (Fsp3) is 0.222. The fourth-order valence-corrected chi connectivity index (χ4v) is 1.44. The molecule has 1 aromatic carbocycles. The molecule has 0 bridgehead atoms. The molecule has 0 fully saturated rings. The van der Waals surface area contributed by atoms with E-state index in [0.29, 0.717) is 18.6 Å². The Hall–Kier alpha value is -1.22. The first-order chi connectivity index (χ1) is 6.20. The zero-order valence-electron chi connectivity index (χ0n) is 6.71. The lowest BCUT2D eigenvalue weighted by molar-refractivity contribution is 0.0930. The molecule has 0 saturated heterocycles. The van der Waals surface area contributed by atoms with Gasteiger partial charge in [-0.15, -0.1) is 0 Å². The van der Waals surface area contributed by atoms with Gasteiger partial charge in [0.2, 0.25) is 0 Å². The first-order valence-corrected chi connectivity index (χ1v) is 4.25. The van der Waals surface area contributed by atoms with E-state index in [2.05, 4.69) is 0 Å². The molecule has 0 aromatic heterocycles. The Morgan fingerprint density at radius 1 is 1.46 bits per heavy atom. The average molecular weight is 199 g/mol. The van der Waals surface area contributed by atoms with Gasteiger partial charge in [0.15, 0.2) is 17.3 Å². The van der Waals surface area contributed by atoms with Crippen LogP contribution in [0.5, 0.6) is 11.5 Å². The number of ether oxygens (including phenoxy) is 1. The van der Waals surface area contributed by atoms with Crippen molar-refractivity contribution in [2.75, 3.05) is 6.61 Å². The first kappa shape index (κ1) is 8.38. The Bertz CT molecular complexity index is 373. The van der Waals surface area contributed by atoms with E-state index in [1.54, 1.807) is 6.07 Å². The molecule has 1 aliphatic heterocycles. The van der Waals surface area contributed by atoms with Gasteiger partial charge < -0.3 is 9.84 Å². The summed E-state index contributed by atoms with van der Waals surface area (Å²) in [5.74, 6) is 0.0455. The minimum absolute atomic E-state index is 0.0202. The number of Topliss-reactive ketones (excluding diaryl/α,β-unsaturated/α-hetero) is 1. The summed E-state index contributed by atoms with van der Waals surface area (Å²) < 4.78 is 5.15. The van der Waals surface area contributed by atoms with E-state index in [1.165, 1.54) is 6.07 Å². The third-order valence-electron chi connectivity index (χ3n) is 1.96. The molecule has 3 nitrogen and oxygen atoms in total.